The molecular weight excluding hydrogens is 298 g/mol. The second kappa shape index (κ2) is 5.99. The van der Waals surface area contributed by atoms with Crippen LogP contribution in [0.3, 0.4) is 0 Å². The van der Waals surface area contributed by atoms with Crippen LogP contribution in [0.25, 0.3) is 0 Å². The Hall–Kier alpha value is -1.43. The summed E-state index contributed by atoms with van der Waals surface area (Å²) < 4.78 is 0. The third-order valence-corrected chi connectivity index (χ3v) is 5.50. The molecule has 3 heterocycles. The maximum absolute atomic E-state index is 12.7. The Labute approximate surface area is 135 Å². The van der Waals surface area contributed by atoms with Crippen molar-refractivity contribution in [2.45, 2.75) is 58.5 Å². The molecule has 120 valence electrons. The van der Waals surface area contributed by atoms with E-state index in [0.717, 1.165) is 30.1 Å². The lowest BCUT2D eigenvalue weighted by Gasteiger charge is -2.39. The Bertz CT molecular complexity index is 596. The lowest BCUT2D eigenvalue weighted by Crippen LogP contribution is -2.55. The molecule has 0 spiro atoms. The zero-order valence-corrected chi connectivity index (χ0v) is 14.3. The maximum atomic E-state index is 12.7. The van der Waals surface area contributed by atoms with Crippen LogP contribution in [0, 0.1) is 6.92 Å². The van der Waals surface area contributed by atoms with Gasteiger partial charge in [-0.2, -0.15) is 0 Å². The number of aromatic nitrogens is 1. The van der Waals surface area contributed by atoms with Crippen LogP contribution in [0.1, 0.15) is 54.6 Å². The number of carbonyl (C=O) groups is 2. The number of fused-ring (bicyclic) bond motifs is 1. The van der Waals surface area contributed by atoms with Gasteiger partial charge >= 0.3 is 0 Å². The van der Waals surface area contributed by atoms with Crippen LogP contribution in [0.2, 0.25) is 0 Å². The molecule has 1 aromatic heterocycles. The largest absolute Gasteiger partial charge is 0.322 e. The first-order valence-electron chi connectivity index (χ1n) is 8.02. The number of thiazole rings is 1. The summed E-state index contributed by atoms with van der Waals surface area (Å²) in [5, 5.41) is 0.896. The molecule has 2 saturated heterocycles. The molecule has 0 N–H and O–H groups in total. The Morgan fingerprint density at radius 1 is 1.41 bits per heavy atom. The number of hydrogen-bond acceptors (Lipinski definition) is 4. The lowest BCUT2D eigenvalue weighted by molar-refractivity contribution is -0.150. The van der Waals surface area contributed by atoms with Crippen molar-refractivity contribution >= 4 is 23.2 Å². The van der Waals surface area contributed by atoms with E-state index in [0.29, 0.717) is 25.3 Å². The molecule has 6 heteroatoms. The van der Waals surface area contributed by atoms with Gasteiger partial charge in [-0.1, -0.05) is 13.8 Å². The van der Waals surface area contributed by atoms with E-state index < -0.39 is 0 Å². The van der Waals surface area contributed by atoms with E-state index in [2.05, 4.69) is 25.8 Å². The summed E-state index contributed by atoms with van der Waals surface area (Å²) >= 11 is 1.62. The molecule has 0 aromatic carbocycles. The van der Waals surface area contributed by atoms with Crippen LogP contribution in [-0.2, 0) is 16.0 Å². The van der Waals surface area contributed by atoms with Crippen molar-refractivity contribution < 1.29 is 9.59 Å². The summed E-state index contributed by atoms with van der Waals surface area (Å²) in [7, 11) is 0. The van der Waals surface area contributed by atoms with E-state index in [1.807, 2.05) is 9.80 Å². The molecule has 22 heavy (non-hydrogen) atoms. The summed E-state index contributed by atoms with van der Waals surface area (Å²) in [6, 6.07) is 0. The molecule has 1 unspecified atom stereocenters. The van der Waals surface area contributed by atoms with Crippen LogP contribution in [-0.4, -0.2) is 45.9 Å². The Balaban J connectivity index is 1.72. The van der Waals surface area contributed by atoms with Crippen molar-refractivity contribution in [2.24, 2.45) is 0 Å². The number of rotatable bonds is 3. The van der Waals surface area contributed by atoms with Gasteiger partial charge in [0.25, 0.3) is 0 Å². The number of hydrogen-bond donors (Lipinski definition) is 0. The van der Waals surface area contributed by atoms with Gasteiger partial charge in [0, 0.05) is 24.4 Å². The minimum absolute atomic E-state index is 0.0145. The summed E-state index contributed by atoms with van der Waals surface area (Å²) in [4.78, 5) is 34.2. The van der Waals surface area contributed by atoms with Gasteiger partial charge in [0.05, 0.1) is 12.1 Å². The van der Waals surface area contributed by atoms with Crippen molar-refractivity contribution in [3.63, 3.8) is 0 Å². The highest BCUT2D eigenvalue weighted by Crippen LogP contribution is 2.28. The second-order valence-electron chi connectivity index (χ2n) is 6.43. The van der Waals surface area contributed by atoms with Crippen LogP contribution >= 0.6 is 11.3 Å². The molecule has 0 radical (unpaired) electrons. The van der Waals surface area contributed by atoms with Crippen LogP contribution < -0.4 is 0 Å². The molecule has 0 saturated carbocycles. The average molecular weight is 321 g/mol. The fourth-order valence-electron chi connectivity index (χ4n) is 3.47. The highest BCUT2D eigenvalue weighted by molar-refractivity contribution is 7.11. The SMILES string of the molecule is Cc1sc(CC(=O)N2CCC(=O)N3CCCC32)nc1C(C)C. The van der Waals surface area contributed by atoms with Gasteiger partial charge in [-0.05, 0) is 25.7 Å². The third kappa shape index (κ3) is 2.76. The molecule has 5 nitrogen and oxygen atoms in total. The van der Waals surface area contributed by atoms with Gasteiger partial charge in [-0.3, -0.25) is 9.59 Å². The molecule has 0 aliphatic carbocycles. The quantitative estimate of drug-likeness (QED) is 0.858. The number of nitrogens with zero attached hydrogens (tertiary/aromatic N) is 3. The van der Waals surface area contributed by atoms with Crippen molar-refractivity contribution in [2.75, 3.05) is 13.1 Å². The summed E-state index contributed by atoms with van der Waals surface area (Å²) in [5.74, 6) is 0.685. The topological polar surface area (TPSA) is 53.5 Å². The Kier molecular flexibility index (Phi) is 4.21. The van der Waals surface area contributed by atoms with E-state index in [9.17, 15) is 9.59 Å². The zero-order valence-electron chi connectivity index (χ0n) is 13.5. The molecule has 3 rings (SSSR count). The lowest BCUT2D eigenvalue weighted by atomic mass is 10.1. The molecular formula is C16H23N3O2S. The summed E-state index contributed by atoms with van der Waals surface area (Å²) in [5.41, 5.74) is 1.10. The van der Waals surface area contributed by atoms with Crippen LogP contribution in [0.4, 0.5) is 0 Å². The predicted molar refractivity (Wildman–Crippen MR) is 85.7 cm³/mol. The molecule has 2 aliphatic heterocycles. The highest BCUT2D eigenvalue weighted by Gasteiger charge is 2.39. The molecule has 0 bridgehead atoms. The predicted octanol–water partition coefficient (Wildman–Crippen LogP) is 2.30. The van der Waals surface area contributed by atoms with E-state index in [1.165, 1.54) is 4.88 Å². The van der Waals surface area contributed by atoms with Crippen molar-refractivity contribution in [3.05, 3.63) is 15.6 Å². The van der Waals surface area contributed by atoms with Crippen LogP contribution in [0.5, 0.6) is 0 Å². The van der Waals surface area contributed by atoms with Crippen molar-refractivity contribution in [1.29, 1.82) is 0 Å². The second-order valence-corrected chi connectivity index (χ2v) is 7.72. The summed E-state index contributed by atoms with van der Waals surface area (Å²) in [6.07, 6.45) is 2.70. The smallest absolute Gasteiger partial charge is 0.231 e. The van der Waals surface area contributed by atoms with E-state index >= 15 is 0 Å². The van der Waals surface area contributed by atoms with Crippen molar-refractivity contribution in [1.82, 2.24) is 14.8 Å². The fraction of sp³-hybridized carbons (Fsp3) is 0.688. The Morgan fingerprint density at radius 3 is 2.86 bits per heavy atom. The molecule has 2 aliphatic rings. The van der Waals surface area contributed by atoms with Crippen molar-refractivity contribution in [3.8, 4) is 0 Å². The van der Waals surface area contributed by atoms with E-state index in [4.69, 9.17) is 0 Å². The zero-order chi connectivity index (χ0) is 15.9. The monoisotopic (exact) mass is 321 g/mol. The first-order chi connectivity index (χ1) is 10.5. The number of amides is 2. The van der Waals surface area contributed by atoms with Gasteiger partial charge in [0.1, 0.15) is 11.2 Å². The van der Waals surface area contributed by atoms with Gasteiger partial charge in [0.15, 0.2) is 0 Å². The molecule has 1 aromatic rings. The fourth-order valence-corrected chi connectivity index (χ4v) is 4.55. The maximum Gasteiger partial charge on any atom is 0.231 e. The van der Waals surface area contributed by atoms with Gasteiger partial charge in [-0.15, -0.1) is 11.3 Å². The van der Waals surface area contributed by atoms with E-state index in [-0.39, 0.29) is 18.0 Å². The first-order valence-corrected chi connectivity index (χ1v) is 8.84. The Morgan fingerprint density at radius 2 is 2.18 bits per heavy atom. The summed E-state index contributed by atoms with van der Waals surface area (Å²) in [6.45, 7) is 7.67. The molecule has 1 atom stereocenters. The van der Waals surface area contributed by atoms with Gasteiger partial charge < -0.3 is 9.80 Å². The van der Waals surface area contributed by atoms with E-state index in [1.54, 1.807) is 11.3 Å². The first kappa shape index (κ1) is 15.5. The normalized spacial score (nSPS) is 21.6. The molecule has 2 fully saturated rings. The van der Waals surface area contributed by atoms with Gasteiger partial charge in [0.2, 0.25) is 11.8 Å². The third-order valence-electron chi connectivity index (χ3n) is 4.51. The number of carbonyl (C=O) groups excluding carboxylic acids is 2. The molecule has 2 amide bonds. The minimum Gasteiger partial charge on any atom is -0.322 e. The number of aryl methyl sites for hydroxylation is 1. The average Bonchev–Trinajstić information content (AvgIpc) is 3.06. The minimum atomic E-state index is -0.0145. The van der Waals surface area contributed by atoms with Crippen LogP contribution in [0.15, 0.2) is 0 Å². The highest BCUT2D eigenvalue weighted by atomic mass is 32.1. The standard InChI is InChI=1S/C16H23N3O2S/c1-10(2)16-11(3)22-12(17-16)9-15(21)19-8-6-14(20)18-7-4-5-13(18)19/h10,13H,4-9H2,1-3H3. The van der Waals surface area contributed by atoms with Gasteiger partial charge in [-0.25, -0.2) is 4.98 Å².